The molecule has 0 bridgehead atoms. The maximum absolute atomic E-state index is 13.7. The van der Waals surface area contributed by atoms with Crippen molar-refractivity contribution in [2.45, 2.75) is 45.3 Å². The van der Waals surface area contributed by atoms with Crippen LogP contribution in [-0.4, -0.2) is 80.7 Å². The molecule has 2 fully saturated rings. The lowest BCUT2D eigenvalue weighted by Gasteiger charge is -2.44. The maximum atomic E-state index is 13.7. The first-order valence-electron chi connectivity index (χ1n) is 13.3. The Bertz CT molecular complexity index is 1340. The summed E-state index contributed by atoms with van der Waals surface area (Å²) in [5.74, 6) is 0.473. The topological polar surface area (TPSA) is 99.6 Å². The van der Waals surface area contributed by atoms with E-state index in [1.54, 1.807) is 6.92 Å². The smallest absolute Gasteiger partial charge is 0.224 e. The number of nitrogens with zero attached hydrogens (tertiary/aromatic N) is 7. The summed E-state index contributed by atoms with van der Waals surface area (Å²) in [6.07, 6.45) is 6.04. The Morgan fingerprint density at radius 1 is 1.08 bits per heavy atom. The summed E-state index contributed by atoms with van der Waals surface area (Å²) < 4.78 is 29.2. The number of benzene rings is 1. The number of anilines is 3. The summed E-state index contributed by atoms with van der Waals surface area (Å²) in [4.78, 5) is 15.1. The van der Waals surface area contributed by atoms with Crippen LogP contribution in [0.3, 0.4) is 0 Å². The lowest BCUT2D eigenvalue weighted by Crippen LogP contribution is -2.60. The van der Waals surface area contributed by atoms with Crippen molar-refractivity contribution in [1.29, 1.82) is 0 Å². The largest absolute Gasteiger partial charge is 0.386 e. The van der Waals surface area contributed by atoms with E-state index in [1.165, 1.54) is 12.1 Å². The molecule has 0 amide bonds. The quantitative estimate of drug-likeness (QED) is 0.472. The average Bonchev–Trinajstić information content (AvgIpc) is 3.27. The zero-order valence-electron chi connectivity index (χ0n) is 22.8. The molecule has 0 radical (unpaired) electrons. The van der Waals surface area contributed by atoms with Gasteiger partial charge in [0.05, 0.1) is 17.5 Å². The molecule has 0 spiro atoms. The highest BCUT2D eigenvalue weighted by Gasteiger charge is 2.37. The molecule has 3 N–H and O–H groups in total. The lowest BCUT2D eigenvalue weighted by atomic mass is 9.97. The fraction of sp³-hybridized carbons (Fsp3) is 0.464. The first kappa shape index (κ1) is 27.0. The van der Waals surface area contributed by atoms with Crippen LogP contribution in [0.4, 0.5) is 26.2 Å². The molecule has 2 aromatic heterocycles. The molecule has 2 aliphatic heterocycles. The van der Waals surface area contributed by atoms with Gasteiger partial charge in [-0.2, -0.15) is 15.1 Å². The molecular formula is C28H36F2N8O. The number of nitrogens with two attached hydrogens (primary N) is 1. The number of halogens is 2. The van der Waals surface area contributed by atoms with Gasteiger partial charge in [-0.25, -0.2) is 13.5 Å². The standard InChI is InChI=1S/C28H36F2N8O/c1-18(2)26-20(14-32-38(26)25-13-24(33-27(31)34-25)37-16-28(4,39)17-37)6-5-7-35-8-9-36(15-19(35)3)23-11-21(29)10-22(30)12-23/h5-6,10-14,18-19,39H,7-9,15-17H2,1-4H3,(H2,31,33,34)/t19-/m1/s1. The van der Waals surface area contributed by atoms with Crippen LogP contribution >= 0.6 is 0 Å². The molecule has 11 heteroatoms. The van der Waals surface area contributed by atoms with E-state index in [-0.39, 0.29) is 17.9 Å². The molecule has 3 aromatic rings. The van der Waals surface area contributed by atoms with E-state index in [1.807, 2.05) is 26.7 Å². The monoisotopic (exact) mass is 538 g/mol. The fourth-order valence-corrected chi connectivity index (χ4v) is 5.45. The second-order valence-electron chi connectivity index (χ2n) is 11.2. The summed E-state index contributed by atoms with van der Waals surface area (Å²) in [6.45, 7) is 12.0. The molecule has 5 rings (SSSR count). The van der Waals surface area contributed by atoms with Crippen molar-refractivity contribution < 1.29 is 13.9 Å². The van der Waals surface area contributed by atoms with E-state index in [2.05, 4.69) is 52.9 Å². The summed E-state index contributed by atoms with van der Waals surface area (Å²) in [6, 6.07) is 5.74. The van der Waals surface area contributed by atoms with Gasteiger partial charge in [0.1, 0.15) is 17.5 Å². The van der Waals surface area contributed by atoms with Crippen molar-refractivity contribution >= 4 is 23.5 Å². The van der Waals surface area contributed by atoms with Gasteiger partial charge in [-0.15, -0.1) is 0 Å². The fourth-order valence-electron chi connectivity index (χ4n) is 5.45. The highest BCUT2D eigenvalue weighted by Crippen LogP contribution is 2.29. The number of aromatic nitrogens is 4. The molecule has 208 valence electrons. The van der Waals surface area contributed by atoms with Crippen molar-refractivity contribution in [3.05, 3.63) is 59.4 Å². The highest BCUT2D eigenvalue weighted by molar-refractivity contribution is 5.56. The SMILES string of the molecule is CC(C)c1c(C=CCN2CCN(c3cc(F)cc(F)c3)C[C@H]2C)cnn1-c1cc(N2CC(C)(O)C2)nc(N)n1. The molecule has 39 heavy (non-hydrogen) atoms. The number of piperazine rings is 1. The normalized spacial score (nSPS) is 19.7. The van der Waals surface area contributed by atoms with Crippen LogP contribution in [0.15, 0.2) is 36.5 Å². The van der Waals surface area contributed by atoms with Gasteiger partial charge in [-0.05, 0) is 31.9 Å². The van der Waals surface area contributed by atoms with Gasteiger partial charge in [0.25, 0.3) is 0 Å². The number of nitrogen functional groups attached to an aromatic ring is 1. The molecule has 2 aliphatic rings. The zero-order chi connectivity index (χ0) is 27.9. The van der Waals surface area contributed by atoms with E-state index in [0.717, 1.165) is 30.4 Å². The van der Waals surface area contributed by atoms with E-state index in [9.17, 15) is 13.9 Å². The van der Waals surface area contributed by atoms with Crippen molar-refractivity contribution in [2.75, 3.05) is 54.8 Å². The Morgan fingerprint density at radius 2 is 1.77 bits per heavy atom. The van der Waals surface area contributed by atoms with Gasteiger partial charge < -0.3 is 20.6 Å². The maximum Gasteiger partial charge on any atom is 0.224 e. The molecule has 0 aliphatic carbocycles. The molecule has 0 saturated carbocycles. The van der Waals surface area contributed by atoms with Gasteiger partial charge in [-0.1, -0.05) is 26.0 Å². The Labute approximate surface area is 227 Å². The van der Waals surface area contributed by atoms with Crippen LogP contribution in [0.5, 0.6) is 0 Å². The summed E-state index contributed by atoms with van der Waals surface area (Å²) in [5, 5.41) is 14.8. The number of rotatable bonds is 7. The van der Waals surface area contributed by atoms with Crippen molar-refractivity contribution in [2.24, 2.45) is 0 Å². The third-order valence-electron chi connectivity index (χ3n) is 7.32. The highest BCUT2D eigenvalue weighted by atomic mass is 19.1. The van der Waals surface area contributed by atoms with Gasteiger partial charge in [0, 0.05) is 68.7 Å². The third-order valence-corrected chi connectivity index (χ3v) is 7.32. The van der Waals surface area contributed by atoms with Crippen LogP contribution in [0.2, 0.25) is 0 Å². The Kier molecular flexibility index (Phi) is 7.30. The zero-order valence-corrected chi connectivity index (χ0v) is 22.8. The minimum absolute atomic E-state index is 0.158. The molecule has 2 saturated heterocycles. The molecule has 1 atom stereocenters. The van der Waals surface area contributed by atoms with Crippen LogP contribution in [-0.2, 0) is 0 Å². The first-order chi connectivity index (χ1) is 18.5. The second kappa shape index (κ2) is 10.5. The molecule has 1 aromatic carbocycles. The Hall–Kier alpha value is -3.57. The summed E-state index contributed by atoms with van der Waals surface area (Å²) in [7, 11) is 0. The second-order valence-corrected chi connectivity index (χ2v) is 11.2. The van der Waals surface area contributed by atoms with Gasteiger partial charge in [0.15, 0.2) is 5.82 Å². The minimum atomic E-state index is -0.728. The van der Waals surface area contributed by atoms with E-state index >= 15 is 0 Å². The van der Waals surface area contributed by atoms with Crippen molar-refractivity contribution in [3.8, 4) is 5.82 Å². The summed E-state index contributed by atoms with van der Waals surface area (Å²) >= 11 is 0. The number of β-amino-alcohol motifs (C(OH)–C–C–N with tert-alkyl or cyclic N) is 1. The van der Waals surface area contributed by atoms with Crippen LogP contribution in [0, 0.1) is 11.6 Å². The third kappa shape index (κ3) is 5.89. The van der Waals surface area contributed by atoms with Crippen LogP contribution < -0.4 is 15.5 Å². The predicted octanol–water partition coefficient (Wildman–Crippen LogP) is 3.44. The van der Waals surface area contributed by atoms with Gasteiger partial charge in [-0.3, -0.25) is 4.90 Å². The van der Waals surface area contributed by atoms with Gasteiger partial charge >= 0.3 is 0 Å². The van der Waals surface area contributed by atoms with Gasteiger partial charge in [0.2, 0.25) is 5.95 Å². The van der Waals surface area contributed by atoms with Crippen molar-refractivity contribution in [1.82, 2.24) is 24.6 Å². The van der Waals surface area contributed by atoms with Crippen LogP contribution in [0.1, 0.15) is 44.9 Å². The Morgan fingerprint density at radius 3 is 2.41 bits per heavy atom. The number of aliphatic hydroxyl groups is 1. The molecule has 4 heterocycles. The Balaban J connectivity index is 1.28. The summed E-state index contributed by atoms with van der Waals surface area (Å²) in [5.41, 5.74) is 7.90. The first-order valence-corrected chi connectivity index (χ1v) is 13.3. The van der Waals surface area contributed by atoms with E-state index < -0.39 is 17.2 Å². The lowest BCUT2D eigenvalue weighted by molar-refractivity contribution is 0.0305. The predicted molar refractivity (Wildman–Crippen MR) is 149 cm³/mol. The molecule has 9 nitrogen and oxygen atoms in total. The minimum Gasteiger partial charge on any atom is -0.386 e. The van der Waals surface area contributed by atoms with Crippen molar-refractivity contribution in [3.63, 3.8) is 0 Å². The van der Waals surface area contributed by atoms with E-state index in [0.29, 0.717) is 43.5 Å². The molecule has 0 unspecified atom stereocenters. The number of hydrogen-bond donors (Lipinski definition) is 2. The van der Waals surface area contributed by atoms with Crippen LogP contribution in [0.25, 0.3) is 11.9 Å². The van der Waals surface area contributed by atoms with E-state index in [4.69, 9.17) is 5.73 Å². The molecular weight excluding hydrogens is 502 g/mol. The number of hydrogen-bond acceptors (Lipinski definition) is 8. The average molecular weight is 539 g/mol.